The minimum atomic E-state index is 0. The standard InChI is InChI=1S/C13H18BrO3P.Li.H/c1-8(18)4-6-10(15)12-11(16-2)7-5-9(14)13(12)17-3;;/h5,7-8H,4,6,18H2,1-3H3;;. The van der Waals surface area contributed by atoms with Crippen LogP contribution in [0.4, 0.5) is 0 Å². The summed E-state index contributed by atoms with van der Waals surface area (Å²) in [6.45, 7) is 2.06. The number of Topliss-reactive ketones (excluding diaryl/α,β-unsaturated/α-hetero) is 1. The number of halogens is 1. The van der Waals surface area contributed by atoms with E-state index in [-0.39, 0.29) is 24.6 Å². The average molecular weight is 341 g/mol. The molecule has 0 aliphatic heterocycles. The molecule has 0 aromatic heterocycles. The number of ketones is 1. The maximum atomic E-state index is 12.3. The van der Waals surface area contributed by atoms with E-state index in [0.29, 0.717) is 29.1 Å². The zero-order chi connectivity index (χ0) is 13.7. The third-order valence-electron chi connectivity index (χ3n) is 2.60. The van der Waals surface area contributed by atoms with Crippen LogP contribution in [-0.2, 0) is 0 Å². The number of carbonyl (C=O) groups is 1. The van der Waals surface area contributed by atoms with Crippen molar-refractivity contribution in [3.63, 3.8) is 0 Å². The van der Waals surface area contributed by atoms with Crippen LogP contribution in [0.25, 0.3) is 0 Å². The molecule has 2 unspecified atom stereocenters. The van der Waals surface area contributed by atoms with Crippen molar-refractivity contribution in [1.29, 1.82) is 0 Å². The molecular weight excluding hydrogens is 322 g/mol. The SMILES string of the molecule is COc1ccc(Br)c(OC)c1C(=O)CCC(C)P.[LiH]. The number of carbonyl (C=O) groups excluding carboxylic acids is 1. The van der Waals surface area contributed by atoms with Crippen LogP contribution in [0.1, 0.15) is 30.1 Å². The van der Waals surface area contributed by atoms with Crippen LogP contribution in [0.2, 0.25) is 0 Å². The summed E-state index contributed by atoms with van der Waals surface area (Å²) in [5.74, 6) is 1.13. The molecule has 3 nitrogen and oxygen atoms in total. The normalized spacial score (nSPS) is 11.4. The number of rotatable bonds is 6. The van der Waals surface area contributed by atoms with E-state index in [0.717, 1.165) is 10.9 Å². The van der Waals surface area contributed by atoms with Gasteiger partial charge in [-0.25, -0.2) is 0 Å². The number of benzene rings is 1. The van der Waals surface area contributed by atoms with Gasteiger partial charge in [0.25, 0.3) is 0 Å². The van der Waals surface area contributed by atoms with Crippen LogP contribution in [0.15, 0.2) is 16.6 Å². The third kappa shape index (κ3) is 5.12. The summed E-state index contributed by atoms with van der Waals surface area (Å²) in [6, 6.07) is 3.58. The summed E-state index contributed by atoms with van der Waals surface area (Å²) in [7, 11) is 5.80. The van der Waals surface area contributed by atoms with Crippen LogP contribution in [0, 0.1) is 0 Å². The molecular formula is C13H19BrLiO3P. The van der Waals surface area contributed by atoms with Crippen molar-refractivity contribution in [3.05, 3.63) is 22.2 Å². The van der Waals surface area contributed by atoms with E-state index >= 15 is 0 Å². The van der Waals surface area contributed by atoms with E-state index in [1.807, 2.05) is 6.07 Å². The Labute approximate surface area is 137 Å². The molecule has 0 saturated carbocycles. The predicted octanol–water partition coefficient (Wildman–Crippen LogP) is 3.04. The summed E-state index contributed by atoms with van der Waals surface area (Å²) in [5.41, 5.74) is 0.929. The monoisotopic (exact) mass is 340 g/mol. The maximum absolute atomic E-state index is 12.3. The second kappa shape index (κ2) is 9.03. The van der Waals surface area contributed by atoms with E-state index in [2.05, 4.69) is 32.1 Å². The van der Waals surface area contributed by atoms with Gasteiger partial charge in [0, 0.05) is 6.42 Å². The molecule has 0 N–H and O–H groups in total. The second-order valence-corrected chi connectivity index (χ2v) is 6.09. The van der Waals surface area contributed by atoms with Gasteiger partial charge in [-0.05, 0) is 40.1 Å². The van der Waals surface area contributed by atoms with Gasteiger partial charge >= 0.3 is 18.9 Å². The Bertz CT molecular complexity index is 438. The summed E-state index contributed by atoms with van der Waals surface area (Å²) in [6.07, 6.45) is 1.30. The quantitative estimate of drug-likeness (QED) is 0.453. The van der Waals surface area contributed by atoms with Crippen molar-refractivity contribution < 1.29 is 14.3 Å². The van der Waals surface area contributed by atoms with E-state index < -0.39 is 0 Å². The van der Waals surface area contributed by atoms with Gasteiger partial charge in [-0.2, -0.15) is 0 Å². The van der Waals surface area contributed by atoms with Gasteiger partial charge in [0.1, 0.15) is 17.1 Å². The molecule has 0 amide bonds. The van der Waals surface area contributed by atoms with Crippen molar-refractivity contribution >= 4 is 49.8 Å². The first kappa shape index (κ1) is 19.0. The van der Waals surface area contributed by atoms with E-state index in [4.69, 9.17) is 9.47 Å². The van der Waals surface area contributed by atoms with Gasteiger partial charge < -0.3 is 9.47 Å². The summed E-state index contributed by atoms with van der Waals surface area (Å²) >= 11 is 3.38. The van der Waals surface area contributed by atoms with E-state index in [9.17, 15) is 4.79 Å². The zero-order valence-corrected chi connectivity index (χ0v) is 13.6. The molecule has 0 aliphatic carbocycles. The molecule has 1 aromatic carbocycles. The molecule has 0 heterocycles. The first-order valence-corrected chi connectivity index (χ1v) is 7.16. The number of methoxy groups -OCH3 is 2. The molecule has 0 spiro atoms. The summed E-state index contributed by atoms with van der Waals surface area (Å²) in [4.78, 5) is 12.3. The first-order chi connectivity index (χ1) is 8.51. The Morgan fingerprint density at radius 1 is 1.37 bits per heavy atom. The second-order valence-electron chi connectivity index (χ2n) is 4.10. The van der Waals surface area contributed by atoms with Gasteiger partial charge in [0.05, 0.1) is 18.7 Å². The van der Waals surface area contributed by atoms with Crippen LogP contribution in [0.5, 0.6) is 11.5 Å². The molecule has 1 aromatic rings. The van der Waals surface area contributed by atoms with Gasteiger partial charge in [-0.3, -0.25) is 4.79 Å². The van der Waals surface area contributed by atoms with Crippen LogP contribution in [-0.4, -0.2) is 44.5 Å². The number of hydrogen-bond donors (Lipinski definition) is 0. The molecule has 0 saturated heterocycles. The molecule has 19 heavy (non-hydrogen) atoms. The van der Waals surface area contributed by atoms with Crippen LogP contribution >= 0.6 is 25.2 Å². The average Bonchev–Trinajstić information content (AvgIpc) is 2.35. The third-order valence-corrected chi connectivity index (χ3v) is 3.56. The van der Waals surface area contributed by atoms with Gasteiger partial charge in [-0.1, -0.05) is 6.92 Å². The number of hydrogen-bond acceptors (Lipinski definition) is 3. The van der Waals surface area contributed by atoms with Crippen molar-refractivity contribution in [1.82, 2.24) is 0 Å². The predicted molar refractivity (Wildman–Crippen MR) is 87.1 cm³/mol. The molecule has 0 aliphatic rings. The number of ether oxygens (including phenoxy) is 2. The van der Waals surface area contributed by atoms with Crippen molar-refractivity contribution in [3.8, 4) is 11.5 Å². The van der Waals surface area contributed by atoms with Crippen molar-refractivity contribution in [2.24, 2.45) is 0 Å². The molecule has 1 rings (SSSR count). The summed E-state index contributed by atoms with van der Waals surface area (Å²) in [5, 5.41) is 0. The van der Waals surface area contributed by atoms with Crippen LogP contribution in [0.3, 0.4) is 0 Å². The van der Waals surface area contributed by atoms with Gasteiger partial charge in [0.2, 0.25) is 0 Å². The molecule has 0 bridgehead atoms. The van der Waals surface area contributed by atoms with Crippen molar-refractivity contribution in [2.45, 2.75) is 25.4 Å². The van der Waals surface area contributed by atoms with Gasteiger partial charge in [-0.15, -0.1) is 9.24 Å². The van der Waals surface area contributed by atoms with Gasteiger partial charge in [0.15, 0.2) is 5.78 Å². The Morgan fingerprint density at radius 2 is 2.00 bits per heavy atom. The Balaban J connectivity index is 0.00000324. The fourth-order valence-electron chi connectivity index (χ4n) is 1.66. The minimum absolute atomic E-state index is 0. The topological polar surface area (TPSA) is 35.5 Å². The Morgan fingerprint density at radius 3 is 2.47 bits per heavy atom. The molecule has 0 fully saturated rings. The van der Waals surface area contributed by atoms with E-state index in [1.54, 1.807) is 20.3 Å². The first-order valence-electron chi connectivity index (χ1n) is 5.70. The fraction of sp³-hybridized carbons (Fsp3) is 0.462. The Kier molecular flexibility index (Phi) is 9.03. The molecule has 2 atom stereocenters. The molecule has 0 radical (unpaired) electrons. The molecule has 6 heteroatoms. The van der Waals surface area contributed by atoms with E-state index in [1.165, 1.54) is 0 Å². The fourth-order valence-corrected chi connectivity index (χ4v) is 2.32. The van der Waals surface area contributed by atoms with Crippen molar-refractivity contribution in [2.75, 3.05) is 14.2 Å². The molecule has 102 valence electrons. The van der Waals surface area contributed by atoms with Crippen LogP contribution < -0.4 is 9.47 Å². The zero-order valence-electron chi connectivity index (χ0n) is 10.8. The Hall–Kier alpha value is -0.00260. The summed E-state index contributed by atoms with van der Waals surface area (Å²) < 4.78 is 11.3.